The van der Waals surface area contributed by atoms with Gasteiger partial charge >= 0.3 is 0 Å². The van der Waals surface area contributed by atoms with Gasteiger partial charge in [-0.05, 0) is 37.6 Å². The fraction of sp³-hybridized carbons (Fsp3) is 0.286. The first-order valence-electron chi connectivity index (χ1n) is 9.04. The Labute approximate surface area is 169 Å². The van der Waals surface area contributed by atoms with E-state index in [9.17, 15) is 4.79 Å². The van der Waals surface area contributed by atoms with Gasteiger partial charge in [0.15, 0.2) is 0 Å². The molecule has 0 aliphatic carbocycles. The predicted molar refractivity (Wildman–Crippen MR) is 108 cm³/mol. The molecule has 0 saturated heterocycles. The lowest BCUT2D eigenvalue weighted by Crippen LogP contribution is -2.31. The number of aromatic nitrogens is 2. The number of halogens is 1. The number of aryl methyl sites for hydroxylation is 1. The van der Waals surface area contributed by atoms with Gasteiger partial charge in [-0.2, -0.15) is 0 Å². The molecule has 28 heavy (non-hydrogen) atoms. The van der Waals surface area contributed by atoms with Gasteiger partial charge in [0.05, 0.1) is 29.8 Å². The van der Waals surface area contributed by atoms with Crippen LogP contribution in [0.2, 0.25) is 5.02 Å². The molecular weight excluding hydrogens is 378 g/mol. The zero-order chi connectivity index (χ0) is 20.1. The molecule has 1 amide bonds. The van der Waals surface area contributed by atoms with Crippen molar-refractivity contribution in [1.29, 1.82) is 0 Å². The highest BCUT2D eigenvalue weighted by molar-refractivity contribution is 6.33. The summed E-state index contributed by atoms with van der Waals surface area (Å²) in [6, 6.07) is 12.8. The number of benzene rings is 2. The molecule has 146 valence electrons. The number of hydrogen-bond donors (Lipinski definition) is 0. The summed E-state index contributed by atoms with van der Waals surface area (Å²) in [5.74, 6) is 1.08. The summed E-state index contributed by atoms with van der Waals surface area (Å²) < 4.78 is 11.1. The lowest BCUT2D eigenvalue weighted by atomic mass is 10.1. The second kappa shape index (κ2) is 8.89. The van der Waals surface area contributed by atoms with Crippen molar-refractivity contribution in [3.05, 3.63) is 64.5 Å². The number of ether oxygens (including phenoxy) is 1. The first kappa shape index (κ1) is 19.9. The summed E-state index contributed by atoms with van der Waals surface area (Å²) in [5.41, 5.74) is 2.16. The highest BCUT2D eigenvalue weighted by Gasteiger charge is 2.22. The van der Waals surface area contributed by atoms with Gasteiger partial charge in [0, 0.05) is 6.54 Å². The molecule has 0 radical (unpaired) electrons. The van der Waals surface area contributed by atoms with Crippen molar-refractivity contribution in [2.45, 2.75) is 26.8 Å². The van der Waals surface area contributed by atoms with Crippen LogP contribution in [0.15, 0.2) is 46.9 Å². The van der Waals surface area contributed by atoms with Crippen molar-refractivity contribution in [3.63, 3.8) is 0 Å². The van der Waals surface area contributed by atoms with Gasteiger partial charge in [0.2, 0.25) is 11.8 Å². The molecule has 3 rings (SSSR count). The van der Waals surface area contributed by atoms with Crippen LogP contribution in [0.25, 0.3) is 11.5 Å². The van der Waals surface area contributed by atoms with Crippen molar-refractivity contribution < 1.29 is 13.9 Å². The van der Waals surface area contributed by atoms with Gasteiger partial charge < -0.3 is 14.1 Å². The van der Waals surface area contributed by atoms with Crippen LogP contribution in [-0.4, -0.2) is 34.7 Å². The average molecular weight is 400 g/mol. The molecule has 0 bridgehead atoms. The van der Waals surface area contributed by atoms with E-state index >= 15 is 0 Å². The molecule has 0 atom stereocenters. The van der Waals surface area contributed by atoms with Crippen LogP contribution in [0.1, 0.15) is 35.2 Å². The smallest absolute Gasteiger partial charge is 0.258 e. The molecule has 0 spiro atoms. The van der Waals surface area contributed by atoms with E-state index in [1.54, 1.807) is 24.1 Å². The molecule has 0 aliphatic heterocycles. The Morgan fingerprint density at radius 1 is 1.21 bits per heavy atom. The lowest BCUT2D eigenvalue weighted by Gasteiger charge is -2.21. The minimum atomic E-state index is -0.139. The van der Waals surface area contributed by atoms with Gasteiger partial charge in [0.1, 0.15) is 5.75 Å². The predicted octanol–water partition coefficient (Wildman–Crippen LogP) is 4.76. The van der Waals surface area contributed by atoms with E-state index in [4.69, 9.17) is 20.8 Å². The third-order valence-electron chi connectivity index (χ3n) is 4.26. The molecule has 3 aromatic rings. The number of amides is 1. The summed E-state index contributed by atoms with van der Waals surface area (Å²) in [5, 5.41) is 8.70. The standard InChI is InChI=1S/C21H22ClN3O3/c1-4-11-25(21(26)16-12-14(2)9-10-18(16)27-3)13-19-23-24-20(28-19)15-7-5-6-8-17(15)22/h5-10,12H,4,11,13H2,1-3H3. The van der Waals surface area contributed by atoms with Crippen LogP contribution >= 0.6 is 11.6 Å². The van der Waals surface area contributed by atoms with Gasteiger partial charge in [-0.15, -0.1) is 10.2 Å². The molecule has 0 aliphatic rings. The molecule has 0 fully saturated rings. The van der Waals surface area contributed by atoms with Crippen LogP contribution in [0, 0.1) is 6.92 Å². The van der Waals surface area contributed by atoms with E-state index in [1.165, 1.54) is 0 Å². The summed E-state index contributed by atoms with van der Waals surface area (Å²) in [6.45, 7) is 4.71. The van der Waals surface area contributed by atoms with E-state index in [0.717, 1.165) is 12.0 Å². The normalized spacial score (nSPS) is 10.7. The van der Waals surface area contributed by atoms with Crippen LogP contribution in [-0.2, 0) is 6.54 Å². The minimum Gasteiger partial charge on any atom is -0.496 e. The molecule has 1 heterocycles. The van der Waals surface area contributed by atoms with Crippen LogP contribution in [0.4, 0.5) is 0 Å². The Bertz CT molecular complexity index is 971. The van der Waals surface area contributed by atoms with Crippen molar-refractivity contribution >= 4 is 17.5 Å². The average Bonchev–Trinajstić information content (AvgIpc) is 3.15. The van der Waals surface area contributed by atoms with Crippen molar-refractivity contribution in [2.24, 2.45) is 0 Å². The Hall–Kier alpha value is -2.86. The number of rotatable bonds is 7. The molecule has 0 saturated carbocycles. The molecular formula is C21H22ClN3O3. The Morgan fingerprint density at radius 3 is 2.71 bits per heavy atom. The first-order chi connectivity index (χ1) is 13.5. The van der Waals surface area contributed by atoms with E-state index in [2.05, 4.69) is 10.2 Å². The lowest BCUT2D eigenvalue weighted by molar-refractivity contribution is 0.0725. The molecule has 7 heteroatoms. The number of carbonyl (C=O) groups excluding carboxylic acids is 1. The monoisotopic (exact) mass is 399 g/mol. The summed E-state index contributed by atoms with van der Waals surface area (Å²) in [7, 11) is 1.56. The number of carbonyl (C=O) groups is 1. The highest BCUT2D eigenvalue weighted by Crippen LogP contribution is 2.27. The Morgan fingerprint density at radius 2 is 2.00 bits per heavy atom. The second-order valence-electron chi connectivity index (χ2n) is 6.41. The van der Waals surface area contributed by atoms with Gasteiger partial charge in [-0.1, -0.05) is 42.3 Å². The number of nitrogens with zero attached hydrogens (tertiary/aromatic N) is 3. The number of hydrogen-bond acceptors (Lipinski definition) is 5. The fourth-order valence-electron chi connectivity index (χ4n) is 2.91. The van der Waals surface area contributed by atoms with Crippen LogP contribution in [0.3, 0.4) is 0 Å². The maximum Gasteiger partial charge on any atom is 0.258 e. The van der Waals surface area contributed by atoms with Gasteiger partial charge in [-0.25, -0.2) is 0 Å². The van der Waals surface area contributed by atoms with E-state index in [1.807, 2.05) is 44.2 Å². The van der Waals surface area contributed by atoms with Gasteiger partial charge in [-0.3, -0.25) is 4.79 Å². The zero-order valence-electron chi connectivity index (χ0n) is 16.1. The van der Waals surface area contributed by atoms with Gasteiger partial charge in [0.25, 0.3) is 5.91 Å². The fourth-order valence-corrected chi connectivity index (χ4v) is 3.12. The largest absolute Gasteiger partial charge is 0.496 e. The minimum absolute atomic E-state index is 0.139. The van der Waals surface area contributed by atoms with E-state index < -0.39 is 0 Å². The number of methoxy groups -OCH3 is 1. The first-order valence-corrected chi connectivity index (χ1v) is 9.42. The third-order valence-corrected chi connectivity index (χ3v) is 4.59. The third kappa shape index (κ3) is 4.34. The SMILES string of the molecule is CCCN(Cc1nnc(-c2ccccc2Cl)o1)C(=O)c1cc(C)ccc1OC. The Balaban J connectivity index is 1.85. The van der Waals surface area contributed by atoms with E-state index in [0.29, 0.717) is 40.2 Å². The van der Waals surface area contributed by atoms with E-state index in [-0.39, 0.29) is 12.5 Å². The molecule has 1 aromatic heterocycles. The molecule has 0 unspecified atom stereocenters. The van der Waals surface area contributed by atoms with Crippen LogP contribution < -0.4 is 4.74 Å². The molecule has 0 N–H and O–H groups in total. The highest BCUT2D eigenvalue weighted by atomic mass is 35.5. The molecule has 6 nitrogen and oxygen atoms in total. The second-order valence-corrected chi connectivity index (χ2v) is 6.82. The zero-order valence-corrected chi connectivity index (χ0v) is 16.9. The Kier molecular flexibility index (Phi) is 6.31. The quantitative estimate of drug-likeness (QED) is 0.573. The van der Waals surface area contributed by atoms with Crippen molar-refractivity contribution in [3.8, 4) is 17.2 Å². The van der Waals surface area contributed by atoms with Crippen LogP contribution in [0.5, 0.6) is 5.75 Å². The van der Waals surface area contributed by atoms with Crippen molar-refractivity contribution in [2.75, 3.05) is 13.7 Å². The summed E-state index contributed by atoms with van der Waals surface area (Å²) in [6.07, 6.45) is 0.797. The maximum atomic E-state index is 13.1. The summed E-state index contributed by atoms with van der Waals surface area (Å²) >= 11 is 6.20. The summed E-state index contributed by atoms with van der Waals surface area (Å²) in [4.78, 5) is 14.8. The van der Waals surface area contributed by atoms with Crippen molar-refractivity contribution in [1.82, 2.24) is 15.1 Å². The molecule has 2 aromatic carbocycles. The maximum absolute atomic E-state index is 13.1. The topological polar surface area (TPSA) is 68.5 Å².